The van der Waals surface area contributed by atoms with Crippen molar-refractivity contribution in [1.29, 1.82) is 0 Å². The summed E-state index contributed by atoms with van der Waals surface area (Å²) in [6.07, 6.45) is 7.13. The summed E-state index contributed by atoms with van der Waals surface area (Å²) in [4.78, 5) is 0. The van der Waals surface area contributed by atoms with Crippen LogP contribution in [0.4, 0.5) is 0 Å². The van der Waals surface area contributed by atoms with Crippen LogP contribution in [0.25, 0.3) is 0 Å². The highest BCUT2D eigenvalue weighted by atomic mass is 35.7. The van der Waals surface area contributed by atoms with E-state index in [4.69, 9.17) is 10.7 Å². The molecule has 0 amide bonds. The predicted octanol–water partition coefficient (Wildman–Crippen LogP) is 3.69. The van der Waals surface area contributed by atoms with E-state index in [0.29, 0.717) is 11.3 Å². The van der Waals surface area contributed by atoms with E-state index in [2.05, 4.69) is 13.8 Å². The zero-order chi connectivity index (χ0) is 12.0. The van der Waals surface area contributed by atoms with Gasteiger partial charge in [0.25, 0.3) is 0 Å². The van der Waals surface area contributed by atoms with Gasteiger partial charge in [0.05, 0.1) is 4.75 Å². The van der Waals surface area contributed by atoms with Crippen molar-refractivity contribution in [1.82, 2.24) is 0 Å². The average Bonchev–Trinajstić information content (AvgIpc) is 2.89. The van der Waals surface area contributed by atoms with Crippen molar-refractivity contribution in [2.45, 2.75) is 63.5 Å². The van der Waals surface area contributed by atoms with Gasteiger partial charge in [-0.05, 0) is 56.3 Å². The summed E-state index contributed by atoms with van der Waals surface area (Å²) in [5.74, 6) is 0.573. The van der Waals surface area contributed by atoms with E-state index in [-0.39, 0.29) is 0 Å². The third kappa shape index (κ3) is 2.56. The fourth-order valence-corrected chi connectivity index (χ4v) is 4.55. The lowest BCUT2D eigenvalue weighted by molar-refractivity contribution is 0.183. The zero-order valence-electron chi connectivity index (χ0n) is 10.1. The topological polar surface area (TPSA) is 34.1 Å². The lowest BCUT2D eigenvalue weighted by Crippen LogP contribution is -2.27. The van der Waals surface area contributed by atoms with Crippen molar-refractivity contribution in [3.8, 4) is 0 Å². The van der Waals surface area contributed by atoms with Gasteiger partial charge in [0.1, 0.15) is 0 Å². The molecule has 0 aromatic heterocycles. The Bertz CT molecular complexity index is 358. The molecule has 0 aromatic carbocycles. The van der Waals surface area contributed by atoms with Crippen molar-refractivity contribution >= 4 is 19.7 Å². The minimum atomic E-state index is -3.35. The van der Waals surface area contributed by atoms with Crippen LogP contribution in [-0.4, -0.2) is 13.2 Å². The van der Waals surface area contributed by atoms with Crippen LogP contribution in [0.2, 0.25) is 0 Å². The van der Waals surface area contributed by atoms with Crippen molar-refractivity contribution < 1.29 is 8.42 Å². The van der Waals surface area contributed by atoms with Gasteiger partial charge in [0.15, 0.2) is 0 Å². The van der Waals surface area contributed by atoms with Gasteiger partial charge in [-0.1, -0.05) is 13.8 Å². The molecule has 0 bridgehead atoms. The number of rotatable bonds is 3. The Kier molecular flexibility index (Phi) is 3.07. The first kappa shape index (κ1) is 12.7. The average molecular weight is 265 g/mol. The van der Waals surface area contributed by atoms with Crippen LogP contribution in [-0.2, 0) is 9.05 Å². The number of hydrogen-bond donors (Lipinski definition) is 0. The molecule has 2 aliphatic carbocycles. The summed E-state index contributed by atoms with van der Waals surface area (Å²) >= 11 is 0. The minimum absolute atomic E-state index is 0.451. The van der Waals surface area contributed by atoms with E-state index >= 15 is 0 Å². The fourth-order valence-electron chi connectivity index (χ4n) is 2.88. The second-order valence-corrected chi connectivity index (χ2v) is 9.39. The van der Waals surface area contributed by atoms with Gasteiger partial charge in [-0.15, -0.1) is 0 Å². The smallest absolute Gasteiger partial charge is 0.212 e. The maximum atomic E-state index is 11.5. The summed E-state index contributed by atoms with van der Waals surface area (Å²) in [6.45, 7) is 4.60. The Labute approximate surface area is 103 Å². The van der Waals surface area contributed by atoms with Gasteiger partial charge in [-0.25, -0.2) is 8.42 Å². The van der Waals surface area contributed by atoms with Crippen molar-refractivity contribution in [3.05, 3.63) is 0 Å². The molecule has 0 aliphatic heterocycles. The molecule has 2 saturated carbocycles. The Balaban J connectivity index is 1.93. The van der Waals surface area contributed by atoms with E-state index in [9.17, 15) is 8.42 Å². The molecule has 0 atom stereocenters. The van der Waals surface area contributed by atoms with Crippen LogP contribution in [0.15, 0.2) is 0 Å². The summed E-state index contributed by atoms with van der Waals surface area (Å²) < 4.78 is 22.4. The molecule has 16 heavy (non-hydrogen) atoms. The lowest BCUT2D eigenvalue weighted by atomic mass is 9.72. The quantitative estimate of drug-likeness (QED) is 0.729. The standard InChI is InChI=1S/C12H21ClO2S/c1-11(2)5-3-10(4-6-11)9-12(7-8-12)16(13,14)15/h10H,3-9H2,1-2H3. The molecule has 2 rings (SSSR count). The molecule has 0 spiro atoms. The molecule has 2 aliphatic rings. The SMILES string of the molecule is CC1(C)CCC(CC2(S(=O)(=O)Cl)CC2)CC1. The van der Waals surface area contributed by atoms with Crippen molar-refractivity contribution in [2.75, 3.05) is 0 Å². The molecule has 2 fully saturated rings. The van der Waals surface area contributed by atoms with Gasteiger partial charge in [0.2, 0.25) is 9.05 Å². The van der Waals surface area contributed by atoms with Gasteiger partial charge in [-0.2, -0.15) is 0 Å². The van der Waals surface area contributed by atoms with Gasteiger partial charge in [-0.3, -0.25) is 0 Å². The monoisotopic (exact) mass is 264 g/mol. The van der Waals surface area contributed by atoms with Crippen LogP contribution in [0.1, 0.15) is 58.8 Å². The first-order valence-electron chi connectivity index (χ1n) is 6.18. The van der Waals surface area contributed by atoms with E-state index in [0.717, 1.165) is 19.3 Å². The largest absolute Gasteiger partial charge is 0.238 e. The van der Waals surface area contributed by atoms with Crippen molar-refractivity contribution in [3.63, 3.8) is 0 Å². The summed E-state index contributed by atoms with van der Waals surface area (Å²) in [5, 5.41) is 0. The van der Waals surface area contributed by atoms with E-state index in [1.165, 1.54) is 25.7 Å². The molecule has 0 N–H and O–H groups in total. The van der Waals surface area contributed by atoms with Crippen molar-refractivity contribution in [2.24, 2.45) is 11.3 Å². The summed E-state index contributed by atoms with van der Waals surface area (Å²) in [5.41, 5.74) is 0.451. The highest BCUT2D eigenvalue weighted by Gasteiger charge is 2.54. The second kappa shape index (κ2) is 3.88. The molecule has 0 heterocycles. The molecule has 0 unspecified atom stereocenters. The third-order valence-corrected chi connectivity index (χ3v) is 7.04. The Hall–Kier alpha value is 0.240. The summed E-state index contributed by atoms with van der Waals surface area (Å²) in [6, 6.07) is 0. The van der Waals surface area contributed by atoms with E-state index < -0.39 is 13.8 Å². The van der Waals surface area contributed by atoms with Crippen LogP contribution in [0.3, 0.4) is 0 Å². The van der Waals surface area contributed by atoms with Gasteiger partial charge < -0.3 is 0 Å². The third-order valence-electron chi connectivity index (χ3n) is 4.44. The molecular formula is C12H21ClO2S. The van der Waals surface area contributed by atoms with Crippen LogP contribution in [0.5, 0.6) is 0 Å². The second-order valence-electron chi connectivity index (χ2n) is 6.43. The van der Waals surface area contributed by atoms with Crippen LogP contribution < -0.4 is 0 Å². The molecule has 4 heteroatoms. The Morgan fingerprint density at radius 2 is 1.62 bits per heavy atom. The molecule has 0 radical (unpaired) electrons. The minimum Gasteiger partial charge on any atom is -0.212 e. The maximum Gasteiger partial charge on any atom is 0.238 e. The van der Waals surface area contributed by atoms with Crippen LogP contribution >= 0.6 is 10.7 Å². The number of hydrogen-bond acceptors (Lipinski definition) is 2. The Morgan fingerprint density at radius 1 is 1.12 bits per heavy atom. The van der Waals surface area contributed by atoms with E-state index in [1.807, 2.05) is 0 Å². The maximum absolute atomic E-state index is 11.5. The normalized spacial score (nSPS) is 28.9. The highest BCUT2D eigenvalue weighted by Crippen LogP contribution is 2.53. The first-order valence-corrected chi connectivity index (χ1v) is 8.49. The number of halogens is 1. The van der Waals surface area contributed by atoms with Gasteiger partial charge in [0, 0.05) is 10.7 Å². The molecule has 2 nitrogen and oxygen atoms in total. The fraction of sp³-hybridized carbons (Fsp3) is 1.00. The lowest BCUT2D eigenvalue weighted by Gasteiger charge is -2.35. The molecule has 0 aromatic rings. The summed E-state index contributed by atoms with van der Waals surface area (Å²) in [7, 11) is 2.19. The molecule has 94 valence electrons. The first-order chi connectivity index (χ1) is 7.24. The molecule has 0 saturated heterocycles. The van der Waals surface area contributed by atoms with E-state index in [1.54, 1.807) is 0 Å². The predicted molar refractivity (Wildman–Crippen MR) is 67.1 cm³/mol. The zero-order valence-corrected chi connectivity index (χ0v) is 11.7. The Morgan fingerprint density at radius 3 is 2.00 bits per heavy atom. The van der Waals surface area contributed by atoms with Crippen LogP contribution in [0, 0.1) is 11.3 Å². The highest BCUT2D eigenvalue weighted by molar-refractivity contribution is 8.15. The molecular weight excluding hydrogens is 244 g/mol. The van der Waals surface area contributed by atoms with Gasteiger partial charge >= 0.3 is 0 Å².